The molecule has 2 aromatic rings. The average molecular weight is 393 g/mol. The average Bonchev–Trinajstić information content (AvgIpc) is 2.70. The van der Waals surface area contributed by atoms with Gasteiger partial charge in [0.25, 0.3) is 0 Å². The maximum absolute atomic E-state index is 11.9. The minimum atomic E-state index is -0.411. The maximum atomic E-state index is 11.9. The predicted molar refractivity (Wildman–Crippen MR) is 119 cm³/mol. The van der Waals surface area contributed by atoms with Crippen LogP contribution in [0.25, 0.3) is 11.6 Å². The van der Waals surface area contributed by atoms with Crippen molar-refractivity contribution in [2.75, 3.05) is 13.2 Å². The van der Waals surface area contributed by atoms with Gasteiger partial charge in [0.2, 0.25) is 0 Å². The molecular formula is C26H32O3. The third kappa shape index (κ3) is 4.62. The number of aliphatic hydroxyl groups is 1. The lowest BCUT2D eigenvalue weighted by atomic mass is 9.63. The van der Waals surface area contributed by atoms with Crippen molar-refractivity contribution >= 4 is 17.6 Å². The first-order valence-corrected chi connectivity index (χ1v) is 10.4. The van der Waals surface area contributed by atoms with Crippen LogP contribution in [0.2, 0.25) is 0 Å². The predicted octanol–water partition coefficient (Wildman–Crippen LogP) is 5.75. The van der Waals surface area contributed by atoms with Crippen LogP contribution in [-0.2, 0) is 15.6 Å². The van der Waals surface area contributed by atoms with Crippen LogP contribution < -0.4 is 0 Å². The summed E-state index contributed by atoms with van der Waals surface area (Å²) in [5.41, 5.74) is 7.31. The van der Waals surface area contributed by atoms with Crippen LogP contribution in [0.3, 0.4) is 0 Å². The van der Waals surface area contributed by atoms with Crippen LogP contribution in [0.4, 0.5) is 0 Å². The molecule has 0 saturated heterocycles. The topological polar surface area (TPSA) is 46.5 Å². The smallest absolute Gasteiger partial charge is 0.338 e. The number of rotatable bonds is 5. The lowest BCUT2D eigenvalue weighted by Gasteiger charge is -2.42. The lowest BCUT2D eigenvalue weighted by Crippen LogP contribution is -2.33. The highest BCUT2D eigenvalue weighted by Gasteiger charge is 2.36. The molecule has 2 aromatic carbocycles. The minimum Gasteiger partial charge on any atom is -0.460 e. The van der Waals surface area contributed by atoms with Gasteiger partial charge in [0.05, 0.1) is 12.2 Å². The van der Waals surface area contributed by atoms with Gasteiger partial charge < -0.3 is 9.84 Å². The first-order valence-electron chi connectivity index (χ1n) is 10.4. The molecule has 0 heterocycles. The number of ether oxygens (including phenoxy) is 1. The largest absolute Gasteiger partial charge is 0.460 e. The quantitative estimate of drug-likeness (QED) is 0.521. The summed E-state index contributed by atoms with van der Waals surface area (Å²) in [7, 11) is 0. The van der Waals surface area contributed by atoms with E-state index in [1.807, 2.05) is 12.1 Å². The van der Waals surface area contributed by atoms with Gasteiger partial charge in [0.1, 0.15) is 6.61 Å². The molecule has 0 atom stereocenters. The Hall–Kier alpha value is -2.39. The number of aliphatic hydroxyl groups excluding tert-OH is 1. The Balaban J connectivity index is 1.86. The van der Waals surface area contributed by atoms with E-state index in [-0.39, 0.29) is 24.0 Å². The Bertz CT molecular complexity index is 917. The first-order chi connectivity index (χ1) is 13.6. The van der Waals surface area contributed by atoms with Crippen LogP contribution >= 0.6 is 0 Å². The molecule has 1 aliphatic rings. The van der Waals surface area contributed by atoms with Gasteiger partial charge in [0, 0.05) is 0 Å². The van der Waals surface area contributed by atoms with Crippen molar-refractivity contribution in [3.63, 3.8) is 0 Å². The van der Waals surface area contributed by atoms with E-state index in [0.29, 0.717) is 5.56 Å². The van der Waals surface area contributed by atoms with Crippen molar-refractivity contribution < 1.29 is 14.6 Å². The third-order valence-electron chi connectivity index (χ3n) is 6.16. The summed E-state index contributed by atoms with van der Waals surface area (Å²) >= 11 is 0. The number of hydrogen-bond acceptors (Lipinski definition) is 3. The normalized spacial score (nSPS) is 17.5. The molecule has 0 aromatic heterocycles. The molecule has 3 nitrogen and oxygen atoms in total. The van der Waals surface area contributed by atoms with E-state index in [2.05, 4.69) is 58.9 Å². The number of hydrogen-bond donors (Lipinski definition) is 1. The third-order valence-corrected chi connectivity index (χ3v) is 6.16. The highest BCUT2D eigenvalue weighted by molar-refractivity contribution is 5.90. The Morgan fingerprint density at radius 3 is 2.17 bits per heavy atom. The second-order valence-corrected chi connectivity index (χ2v) is 9.34. The minimum absolute atomic E-state index is 0.0189. The molecule has 0 aliphatic heterocycles. The van der Waals surface area contributed by atoms with Crippen molar-refractivity contribution in [2.24, 2.45) is 0 Å². The molecule has 1 aliphatic carbocycles. The monoisotopic (exact) mass is 392 g/mol. The SMILES string of the molecule is CC(=Cc1ccc(C(=O)OCCO)cc1)c1ccc2c(c1)C(C)(C)CCC2(C)C. The van der Waals surface area contributed by atoms with Crippen molar-refractivity contribution in [2.45, 2.75) is 58.3 Å². The molecule has 0 unspecified atom stereocenters. The second-order valence-electron chi connectivity index (χ2n) is 9.34. The summed E-state index contributed by atoms with van der Waals surface area (Å²) < 4.78 is 4.95. The molecule has 0 bridgehead atoms. The molecule has 0 fully saturated rings. The molecule has 0 radical (unpaired) electrons. The highest BCUT2D eigenvalue weighted by atomic mass is 16.5. The van der Waals surface area contributed by atoms with Gasteiger partial charge in [-0.1, -0.05) is 64.1 Å². The van der Waals surface area contributed by atoms with Crippen LogP contribution in [0.15, 0.2) is 42.5 Å². The maximum Gasteiger partial charge on any atom is 0.338 e. The van der Waals surface area contributed by atoms with Crippen LogP contribution in [-0.4, -0.2) is 24.3 Å². The Kier molecular flexibility index (Phi) is 6.00. The second kappa shape index (κ2) is 8.16. The van der Waals surface area contributed by atoms with Crippen LogP contribution in [0, 0.1) is 0 Å². The van der Waals surface area contributed by atoms with Crippen molar-refractivity contribution in [1.29, 1.82) is 0 Å². The summed E-state index contributed by atoms with van der Waals surface area (Å²) in [5.74, 6) is -0.411. The molecular weight excluding hydrogens is 360 g/mol. The molecule has 0 spiro atoms. The molecule has 0 saturated carbocycles. The van der Waals surface area contributed by atoms with Crippen LogP contribution in [0.5, 0.6) is 0 Å². The first kappa shape index (κ1) is 21.3. The fraction of sp³-hybridized carbons (Fsp3) is 0.423. The van der Waals surface area contributed by atoms with E-state index >= 15 is 0 Å². The number of esters is 1. The van der Waals surface area contributed by atoms with Crippen molar-refractivity contribution in [3.05, 3.63) is 70.3 Å². The molecule has 1 N–H and O–H groups in total. The van der Waals surface area contributed by atoms with E-state index in [1.165, 1.54) is 35.1 Å². The molecule has 29 heavy (non-hydrogen) atoms. The van der Waals surface area contributed by atoms with Gasteiger partial charge >= 0.3 is 5.97 Å². The number of allylic oxidation sites excluding steroid dienone is 1. The number of carbonyl (C=O) groups excluding carboxylic acids is 1. The highest BCUT2D eigenvalue weighted by Crippen LogP contribution is 2.46. The number of benzene rings is 2. The summed E-state index contributed by atoms with van der Waals surface area (Å²) in [6.45, 7) is 11.4. The zero-order valence-electron chi connectivity index (χ0n) is 18.2. The zero-order chi connectivity index (χ0) is 21.2. The number of fused-ring (bicyclic) bond motifs is 1. The van der Waals surface area contributed by atoms with E-state index in [4.69, 9.17) is 9.84 Å². The van der Waals surface area contributed by atoms with Gasteiger partial charge in [-0.15, -0.1) is 0 Å². The fourth-order valence-corrected chi connectivity index (χ4v) is 4.10. The van der Waals surface area contributed by atoms with E-state index in [1.54, 1.807) is 12.1 Å². The lowest BCUT2D eigenvalue weighted by molar-refractivity contribution is 0.0434. The molecule has 3 heteroatoms. The van der Waals surface area contributed by atoms with Gasteiger partial charge in [-0.3, -0.25) is 0 Å². The van der Waals surface area contributed by atoms with E-state index < -0.39 is 5.97 Å². The van der Waals surface area contributed by atoms with Crippen LogP contribution in [0.1, 0.15) is 80.1 Å². The fourth-order valence-electron chi connectivity index (χ4n) is 4.10. The van der Waals surface area contributed by atoms with Gasteiger partial charge in [-0.25, -0.2) is 4.79 Å². The Morgan fingerprint density at radius 2 is 1.55 bits per heavy atom. The van der Waals surface area contributed by atoms with Gasteiger partial charge in [-0.2, -0.15) is 0 Å². The summed E-state index contributed by atoms with van der Waals surface area (Å²) in [4.78, 5) is 11.9. The Labute approximate surface area is 174 Å². The summed E-state index contributed by atoms with van der Waals surface area (Å²) in [6.07, 6.45) is 4.56. The van der Waals surface area contributed by atoms with Gasteiger partial charge in [-0.05, 0) is 70.6 Å². The zero-order valence-corrected chi connectivity index (χ0v) is 18.2. The van der Waals surface area contributed by atoms with Gasteiger partial charge in [0.15, 0.2) is 0 Å². The number of carbonyl (C=O) groups is 1. The van der Waals surface area contributed by atoms with Crippen molar-refractivity contribution in [1.82, 2.24) is 0 Å². The van der Waals surface area contributed by atoms with E-state index in [0.717, 1.165) is 5.56 Å². The standard InChI is InChI=1S/C26H32O3/c1-18(16-19-6-8-20(9-7-19)24(28)29-15-14-27)21-10-11-22-23(17-21)26(4,5)13-12-25(22,2)3/h6-11,16-17,27H,12-15H2,1-5H3. The van der Waals surface area contributed by atoms with Crippen molar-refractivity contribution in [3.8, 4) is 0 Å². The summed E-state index contributed by atoms with van der Waals surface area (Å²) in [6, 6.07) is 14.3. The van der Waals surface area contributed by atoms with E-state index in [9.17, 15) is 4.79 Å². The summed E-state index contributed by atoms with van der Waals surface area (Å²) in [5, 5.41) is 8.76. The molecule has 0 amide bonds. The molecule has 154 valence electrons. The Morgan fingerprint density at radius 1 is 0.966 bits per heavy atom. The molecule has 3 rings (SSSR count).